The first-order valence-corrected chi connectivity index (χ1v) is 9.12. The number of esters is 1. The van der Waals surface area contributed by atoms with Crippen LogP contribution in [0.25, 0.3) is 0 Å². The quantitative estimate of drug-likeness (QED) is 0.484. The van der Waals surface area contributed by atoms with E-state index in [1.165, 1.54) is 12.1 Å². The fourth-order valence-electron chi connectivity index (χ4n) is 2.92. The molecule has 0 unspecified atom stereocenters. The van der Waals surface area contributed by atoms with Crippen molar-refractivity contribution in [3.05, 3.63) is 35.6 Å². The Kier molecular flexibility index (Phi) is 7.08. The van der Waals surface area contributed by atoms with Crippen LogP contribution in [0.4, 0.5) is 9.18 Å². The Labute approximate surface area is 162 Å². The summed E-state index contributed by atoms with van der Waals surface area (Å²) in [5, 5.41) is 5.18. The van der Waals surface area contributed by atoms with Gasteiger partial charge in [-0.1, -0.05) is 26.0 Å². The van der Waals surface area contributed by atoms with E-state index in [0.29, 0.717) is 25.8 Å². The van der Waals surface area contributed by atoms with Crippen molar-refractivity contribution in [2.24, 2.45) is 0 Å². The van der Waals surface area contributed by atoms with Crippen molar-refractivity contribution in [1.82, 2.24) is 15.5 Å². The van der Waals surface area contributed by atoms with Crippen LogP contribution >= 0.6 is 0 Å². The lowest BCUT2D eigenvalue weighted by Crippen LogP contribution is -2.46. The molecule has 1 aromatic rings. The van der Waals surface area contributed by atoms with Gasteiger partial charge in [-0.25, -0.2) is 9.18 Å². The van der Waals surface area contributed by atoms with Crippen LogP contribution in [0.15, 0.2) is 24.3 Å². The van der Waals surface area contributed by atoms with E-state index in [0.717, 1.165) is 10.5 Å². The molecule has 1 aromatic carbocycles. The highest BCUT2D eigenvalue weighted by molar-refractivity contribution is 6.08. The Morgan fingerprint density at radius 2 is 1.82 bits per heavy atom. The Balaban J connectivity index is 1.73. The summed E-state index contributed by atoms with van der Waals surface area (Å²) >= 11 is 0. The van der Waals surface area contributed by atoms with Crippen LogP contribution in [0.3, 0.4) is 0 Å². The van der Waals surface area contributed by atoms with Gasteiger partial charge in [0.2, 0.25) is 0 Å². The van der Waals surface area contributed by atoms with Crippen molar-refractivity contribution >= 4 is 23.8 Å². The number of carbonyl (C=O) groups is 4. The molecule has 2 N–H and O–H groups in total. The minimum absolute atomic E-state index is 0.296. The summed E-state index contributed by atoms with van der Waals surface area (Å²) in [4.78, 5) is 48.8. The molecule has 0 bridgehead atoms. The van der Waals surface area contributed by atoms with Gasteiger partial charge in [0.05, 0.1) is 0 Å². The summed E-state index contributed by atoms with van der Waals surface area (Å²) in [5.41, 5.74) is -0.137. The van der Waals surface area contributed by atoms with Crippen molar-refractivity contribution in [1.29, 1.82) is 0 Å². The standard InChI is InChI=1S/C19H24FN3O5/c1-3-19(4-2)17(26)23(18(27)22-19)11-16(25)28-12-15(24)21-10-9-13-5-7-14(20)8-6-13/h5-8H,3-4,9-12H2,1-2H3,(H,21,24)(H,22,27). The van der Waals surface area contributed by atoms with Crippen molar-refractivity contribution in [3.63, 3.8) is 0 Å². The highest BCUT2D eigenvalue weighted by atomic mass is 19.1. The van der Waals surface area contributed by atoms with Crippen LogP contribution in [0.5, 0.6) is 0 Å². The summed E-state index contributed by atoms with van der Waals surface area (Å²) in [6.45, 7) is 2.79. The molecule has 9 heteroatoms. The number of nitrogens with zero attached hydrogens (tertiary/aromatic N) is 1. The number of hydrogen-bond acceptors (Lipinski definition) is 5. The van der Waals surface area contributed by atoms with Crippen molar-refractivity contribution in [2.45, 2.75) is 38.6 Å². The molecule has 0 aliphatic carbocycles. The second-order valence-corrected chi connectivity index (χ2v) is 6.50. The lowest BCUT2D eigenvalue weighted by atomic mass is 9.93. The van der Waals surface area contributed by atoms with E-state index in [1.54, 1.807) is 26.0 Å². The molecule has 1 fully saturated rings. The van der Waals surface area contributed by atoms with Gasteiger partial charge in [-0.2, -0.15) is 0 Å². The molecule has 2 rings (SSSR count). The Bertz CT molecular complexity index is 746. The summed E-state index contributed by atoms with van der Waals surface area (Å²) in [5.74, 6) is -2.16. The Morgan fingerprint density at radius 3 is 2.39 bits per heavy atom. The maximum Gasteiger partial charge on any atom is 0.326 e. The highest BCUT2D eigenvalue weighted by Gasteiger charge is 2.49. The SMILES string of the molecule is CCC1(CC)NC(=O)N(CC(=O)OCC(=O)NCCc2ccc(F)cc2)C1=O. The normalized spacial score (nSPS) is 15.3. The van der Waals surface area contributed by atoms with Crippen LogP contribution in [-0.2, 0) is 25.5 Å². The number of halogens is 1. The molecule has 0 saturated carbocycles. The number of nitrogens with one attached hydrogen (secondary N) is 2. The molecule has 1 aliphatic heterocycles. The van der Waals surface area contributed by atoms with E-state index in [1.807, 2.05) is 0 Å². The number of amides is 4. The van der Waals surface area contributed by atoms with Gasteiger partial charge in [0.1, 0.15) is 17.9 Å². The highest BCUT2D eigenvalue weighted by Crippen LogP contribution is 2.24. The number of benzene rings is 1. The van der Waals surface area contributed by atoms with Crippen LogP contribution in [-0.4, -0.2) is 54.0 Å². The lowest BCUT2D eigenvalue weighted by Gasteiger charge is -2.22. The van der Waals surface area contributed by atoms with Gasteiger partial charge < -0.3 is 15.4 Å². The first-order chi connectivity index (χ1) is 13.3. The van der Waals surface area contributed by atoms with Gasteiger partial charge in [-0.05, 0) is 37.0 Å². The second-order valence-electron chi connectivity index (χ2n) is 6.50. The van der Waals surface area contributed by atoms with E-state index < -0.39 is 42.5 Å². The predicted molar refractivity (Wildman–Crippen MR) is 97.6 cm³/mol. The molecule has 0 atom stereocenters. The van der Waals surface area contributed by atoms with Gasteiger partial charge in [0.25, 0.3) is 11.8 Å². The molecule has 1 saturated heterocycles. The fraction of sp³-hybridized carbons (Fsp3) is 0.474. The zero-order valence-electron chi connectivity index (χ0n) is 15.9. The number of urea groups is 1. The van der Waals surface area contributed by atoms with E-state index in [-0.39, 0.29) is 5.82 Å². The number of carbonyl (C=O) groups excluding carboxylic acids is 4. The smallest absolute Gasteiger partial charge is 0.326 e. The van der Waals surface area contributed by atoms with Gasteiger partial charge >= 0.3 is 12.0 Å². The summed E-state index contributed by atoms with van der Waals surface area (Å²) in [6.07, 6.45) is 1.32. The third-order valence-electron chi connectivity index (χ3n) is 4.75. The van der Waals surface area contributed by atoms with Gasteiger partial charge in [0.15, 0.2) is 6.61 Å². The molecule has 0 aromatic heterocycles. The number of rotatable bonds is 9. The van der Waals surface area contributed by atoms with Gasteiger partial charge in [0, 0.05) is 6.54 Å². The van der Waals surface area contributed by atoms with Gasteiger partial charge in [-0.3, -0.25) is 19.3 Å². The average Bonchev–Trinajstić information content (AvgIpc) is 2.92. The van der Waals surface area contributed by atoms with Crippen molar-refractivity contribution in [2.75, 3.05) is 19.7 Å². The van der Waals surface area contributed by atoms with E-state index in [9.17, 15) is 23.6 Å². The molecule has 4 amide bonds. The molecule has 1 aliphatic rings. The maximum absolute atomic E-state index is 12.8. The third kappa shape index (κ3) is 5.05. The molecular formula is C19H24FN3O5. The topological polar surface area (TPSA) is 105 Å². The first-order valence-electron chi connectivity index (χ1n) is 9.12. The van der Waals surface area contributed by atoms with Crippen LogP contribution in [0.1, 0.15) is 32.3 Å². The fourth-order valence-corrected chi connectivity index (χ4v) is 2.92. The van der Waals surface area contributed by atoms with Crippen LogP contribution in [0, 0.1) is 5.82 Å². The summed E-state index contributed by atoms with van der Waals surface area (Å²) < 4.78 is 17.7. The summed E-state index contributed by atoms with van der Waals surface area (Å²) in [7, 11) is 0. The van der Waals surface area contributed by atoms with Gasteiger partial charge in [-0.15, -0.1) is 0 Å². The number of hydrogen-bond donors (Lipinski definition) is 2. The minimum atomic E-state index is -0.991. The van der Waals surface area contributed by atoms with Crippen molar-refractivity contribution in [3.8, 4) is 0 Å². The third-order valence-corrected chi connectivity index (χ3v) is 4.75. The largest absolute Gasteiger partial charge is 0.454 e. The maximum atomic E-state index is 12.8. The monoisotopic (exact) mass is 393 g/mol. The number of ether oxygens (including phenoxy) is 1. The van der Waals surface area contributed by atoms with Crippen molar-refractivity contribution < 1.29 is 28.3 Å². The Hall–Kier alpha value is -2.97. The molecule has 8 nitrogen and oxygen atoms in total. The zero-order valence-corrected chi connectivity index (χ0v) is 15.9. The molecular weight excluding hydrogens is 369 g/mol. The molecule has 1 heterocycles. The number of imide groups is 1. The zero-order chi connectivity index (χ0) is 20.7. The average molecular weight is 393 g/mol. The second kappa shape index (κ2) is 9.29. The Morgan fingerprint density at radius 1 is 1.18 bits per heavy atom. The molecule has 0 spiro atoms. The molecule has 152 valence electrons. The lowest BCUT2D eigenvalue weighted by molar-refractivity contribution is -0.151. The van der Waals surface area contributed by atoms with E-state index in [4.69, 9.17) is 4.74 Å². The van der Waals surface area contributed by atoms with Crippen LogP contribution in [0.2, 0.25) is 0 Å². The minimum Gasteiger partial charge on any atom is -0.454 e. The molecule has 0 radical (unpaired) electrons. The van der Waals surface area contributed by atoms with E-state index in [2.05, 4.69) is 10.6 Å². The van der Waals surface area contributed by atoms with Crippen LogP contribution < -0.4 is 10.6 Å². The summed E-state index contributed by atoms with van der Waals surface area (Å²) in [6, 6.07) is 5.26. The van der Waals surface area contributed by atoms with E-state index >= 15 is 0 Å². The molecule has 28 heavy (non-hydrogen) atoms. The predicted octanol–water partition coefficient (Wildman–Crippen LogP) is 1.14. The first kappa shape index (κ1) is 21.3.